The molecule has 4 nitrogen and oxygen atoms in total. The Morgan fingerprint density at radius 3 is 2.74 bits per heavy atom. The fourth-order valence-corrected chi connectivity index (χ4v) is 2.32. The molecule has 2 aromatic heterocycles. The van der Waals surface area contributed by atoms with Crippen molar-refractivity contribution < 1.29 is 4.79 Å². The summed E-state index contributed by atoms with van der Waals surface area (Å²) < 4.78 is 0. The van der Waals surface area contributed by atoms with Crippen LogP contribution in [0.4, 0.5) is 5.69 Å². The molecular weight excluding hydrogens is 238 g/mol. The van der Waals surface area contributed by atoms with Gasteiger partial charge in [0.05, 0.1) is 11.1 Å². The highest BCUT2D eigenvalue weighted by atomic mass is 16.2. The predicted molar refractivity (Wildman–Crippen MR) is 73.9 cm³/mol. The first kappa shape index (κ1) is 11.8. The molecule has 19 heavy (non-hydrogen) atoms. The van der Waals surface area contributed by atoms with Crippen LogP contribution in [0.25, 0.3) is 11.3 Å². The fraction of sp³-hybridized carbons (Fsp3) is 0.267. The number of carbonyl (C=O) groups excluding carboxylic acids is 1. The van der Waals surface area contributed by atoms with Crippen LogP contribution in [-0.2, 0) is 10.2 Å². The number of nitrogens with zero attached hydrogens (tertiary/aromatic N) is 2. The van der Waals surface area contributed by atoms with E-state index in [-0.39, 0.29) is 5.91 Å². The predicted octanol–water partition coefficient (Wildman–Crippen LogP) is 2.68. The van der Waals surface area contributed by atoms with Gasteiger partial charge in [0, 0.05) is 34.9 Å². The van der Waals surface area contributed by atoms with Gasteiger partial charge in [0.2, 0.25) is 5.91 Å². The van der Waals surface area contributed by atoms with Crippen molar-refractivity contribution in [3.8, 4) is 11.3 Å². The van der Waals surface area contributed by atoms with E-state index in [4.69, 9.17) is 0 Å². The molecule has 3 heterocycles. The van der Waals surface area contributed by atoms with Crippen molar-refractivity contribution in [2.75, 3.05) is 5.32 Å². The standard InChI is InChI=1S/C15H15N3O/c1-9-6-10(4-5-16-9)12-7-13-11(8-17-12)15(2,3)14(19)18-13/h4-8H,1-3H3,(H,18,19). The second kappa shape index (κ2) is 3.88. The lowest BCUT2D eigenvalue weighted by Crippen LogP contribution is -2.26. The topological polar surface area (TPSA) is 54.9 Å². The van der Waals surface area contributed by atoms with Crippen molar-refractivity contribution in [2.45, 2.75) is 26.2 Å². The van der Waals surface area contributed by atoms with Crippen LogP contribution in [0.1, 0.15) is 25.1 Å². The van der Waals surface area contributed by atoms with E-state index in [0.717, 1.165) is 28.2 Å². The first-order valence-electron chi connectivity index (χ1n) is 6.23. The summed E-state index contributed by atoms with van der Waals surface area (Å²) in [5, 5.41) is 2.92. The second-order valence-electron chi connectivity index (χ2n) is 5.38. The van der Waals surface area contributed by atoms with Crippen LogP contribution in [0, 0.1) is 6.92 Å². The molecule has 0 saturated carbocycles. The molecule has 0 spiro atoms. The molecule has 0 unspecified atom stereocenters. The molecule has 0 aliphatic carbocycles. The van der Waals surface area contributed by atoms with Crippen LogP contribution in [0.2, 0.25) is 0 Å². The molecule has 1 aliphatic rings. The lowest BCUT2D eigenvalue weighted by molar-refractivity contribution is -0.119. The number of hydrogen-bond donors (Lipinski definition) is 1. The average Bonchev–Trinajstić information content (AvgIpc) is 2.60. The molecule has 1 aliphatic heterocycles. The van der Waals surface area contributed by atoms with E-state index in [2.05, 4.69) is 15.3 Å². The van der Waals surface area contributed by atoms with Crippen LogP contribution in [0.15, 0.2) is 30.6 Å². The van der Waals surface area contributed by atoms with Crippen LogP contribution < -0.4 is 5.32 Å². The molecule has 1 amide bonds. The molecule has 0 atom stereocenters. The summed E-state index contributed by atoms with van der Waals surface area (Å²) in [4.78, 5) is 20.6. The third-order valence-electron chi connectivity index (χ3n) is 3.59. The van der Waals surface area contributed by atoms with Crippen molar-refractivity contribution in [2.24, 2.45) is 0 Å². The number of carbonyl (C=O) groups is 1. The number of rotatable bonds is 1. The molecule has 0 saturated heterocycles. The highest BCUT2D eigenvalue weighted by molar-refractivity contribution is 6.05. The first-order valence-corrected chi connectivity index (χ1v) is 6.23. The highest BCUT2D eigenvalue weighted by Crippen LogP contribution is 2.38. The minimum atomic E-state index is -0.505. The maximum atomic E-state index is 11.9. The Morgan fingerprint density at radius 2 is 2.00 bits per heavy atom. The molecule has 0 fully saturated rings. The summed E-state index contributed by atoms with van der Waals surface area (Å²) in [7, 11) is 0. The van der Waals surface area contributed by atoms with Crippen molar-refractivity contribution in [3.05, 3.63) is 41.9 Å². The summed E-state index contributed by atoms with van der Waals surface area (Å²) >= 11 is 0. The number of aryl methyl sites for hydroxylation is 1. The monoisotopic (exact) mass is 253 g/mol. The van der Waals surface area contributed by atoms with Gasteiger partial charge in [0.15, 0.2) is 0 Å². The number of pyridine rings is 2. The molecular formula is C15H15N3O. The normalized spacial score (nSPS) is 16.1. The van der Waals surface area contributed by atoms with E-state index in [0.29, 0.717) is 0 Å². The molecule has 3 rings (SSSR count). The Morgan fingerprint density at radius 1 is 1.21 bits per heavy atom. The summed E-state index contributed by atoms with van der Waals surface area (Å²) in [6, 6.07) is 5.83. The minimum Gasteiger partial charge on any atom is -0.325 e. The summed E-state index contributed by atoms with van der Waals surface area (Å²) in [5.74, 6) is 0.0207. The molecule has 96 valence electrons. The molecule has 0 bridgehead atoms. The van der Waals surface area contributed by atoms with Gasteiger partial charge in [-0.25, -0.2) is 0 Å². The van der Waals surface area contributed by atoms with Gasteiger partial charge in [-0.1, -0.05) is 0 Å². The number of aromatic nitrogens is 2. The van der Waals surface area contributed by atoms with Gasteiger partial charge in [-0.15, -0.1) is 0 Å². The Balaban J connectivity index is 2.10. The van der Waals surface area contributed by atoms with Crippen LogP contribution >= 0.6 is 0 Å². The number of amides is 1. The number of anilines is 1. The second-order valence-corrected chi connectivity index (χ2v) is 5.38. The molecule has 0 aromatic carbocycles. The Hall–Kier alpha value is -2.23. The minimum absolute atomic E-state index is 0.0207. The SMILES string of the molecule is Cc1cc(-c2cc3c(cn2)C(C)(C)C(=O)N3)ccn1. The zero-order valence-corrected chi connectivity index (χ0v) is 11.2. The Labute approximate surface area is 111 Å². The van der Waals surface area contributed by atoms with E-state index < -0.39 is 5.41 Å². The lowest BCUT2D eigenvalue weighted by Gasteiger charge is -2.14. The van der Waals surface area contributed by atoms with Gasteiger partial charge in [0.25, 0.3) is 0 Å². The average molecular weight is 253 g/mol. The van der Waals surface area contributed by atoms with E-state index in [9.17, 15) is 4.79 Å². The van der Waals surface area contributed by atoms with E-state index >= 15 is 0 Å². The number of nitrogens with one attached hydrogen (secondary N) is 1. The van der Waals surface area contributed by atoms with Crippen molar-refractivity contribution in [3.63, 3.8) is 0 Å². The maximum absolute atomic E-state index is 11.9. The van der Waals surface area contributed by atoms with Crippen LogP contribution in [0.3, 0.4) is 0 Å². The van der Waals surface area contributed by atoms with Gasteiger partial charge < -0.3 is 5.32 Å². The molecule has 1 N–H and O–H groups in total. The Bertz CT molecular complexity index is 677. The van der Waals surface area contributed by atoms with Crippen molar-refractivity contribution in [1.29, 1.82) is 0 Å². The summed E-state index contributed by atoms with van der Waals surface area (Å²) in [5.41, 5.74) is 4.11. The third kappa shape index (κ3) is 1.80. The van der Waals surface area contributed by atoms with Gasteiger partial charge in [0.1, 0.15) is 0 Å². The molecule has 0 radical (unpaired) electrons. The highest BCUT2D eigenvalue weighted by Gasteiger charge is 2.38. The first-order chi connectivity index (χ1) is 8.98. The van der Waals surface area contributed by atoms with Crippen LogP contribution in [0.5, 0.6) is 0 Å². The van der Waals surface area contributed by atoms with E-state index in [1.54, 1.807) is 12.4 Å². The largest absolute Gasteiger partial charge is 0.325 e. The Kier molecular flexibility index (Phi) is 2.42. The van der Waals surface area contributed by atoms with Gasteiger partial charge in [-0.2, -0.15) is 0 Å². The van der Waals surface area contributed by atoms with E-state index in [1.807, 2.05) is 39.0 Å². The van der Waals surface area contributed by atoms with Crippen molar-refractivity contribution in [1.82, 2.24) is 9.97 Å². The lowest BCUT2D eigenvalue weighted by atomic mass is 9.87. The summed E-state index contributed by atoms with van der Waals surface area (Å²) in [6.07, 6.45) is 3.56. The van der Waals surface area contributed by atoms with Gasteiger partial charge >= 0.3 is 0 Å². The van der Waals surface area contributed by atoms with Gasteiger partial charge in [-0.05, 0) is 39.0 Å². The third-order valence-corrected chi connectivity index (χ3v) is 3.59. The maximum Gasteiger partial charge on any atom is 0.234 e. The smallest absolute Gasteiger partial charge is 0.234 e. The van der Waals surface area contributed by atoms with E-state index in [1.165, 1.54) is 0 Å². The zero-order chi connectivity index (χ0) is 13.6. The molecule has 2 aromatic rings. The fourth-order valence-electron chi connectivity index (χ4n) is 2.32. The van der Waals surface area contributed by atoms with Crippen LogP contribution in [-0.4, -0.2) is 15.9 Å². The quantitative estimate of drug-likeness (QED) is 0.850. The van der Waals surface area contributed by atoms with Gasteiger partial charge in [-0.3, -0.25) is 14.8 Å². The molecule has 4 heteroatoms. The zero-order valence-electron chi connectivity index (χ0n) is 11.2. The number of hydrogen-bond acceptors (Lipinski definition) is 3. The summed E-state index contributed by atoms with van der Waals surface area (Å²) in [6.45, 7) is 5.76. The number of fused-ring (bicyclic) bond motifs is 1. The van der Waals surface area contributed by atoms with Crippen molar-refractivity contribution >= 4 is 11.6 Å².